The number of carbonyl (C=O) groups is 1. The molecule has 3 heteroatoms. The molecule has 0 aliphatic heterocycles. The van der Waals surface area contributed by atoms with Gasteiger partial charge in [-0.3, -0.25) is 4.79 Å². The first-order valence-corrected chi connectivity index (χ1v) is 6.80. The monoisotopic (exact) mass is 297 g/mol. The minimum Gasteiger partial charge on any atom is -0.341 e. The van der Waals surface area contributed by atoms with Gasteiger partial charge >= 0.3 is 0 Å². The number of halogens is 1. The van der Waals surface area contributed by atoms with Gasteiger partial charge in [0.15, 0.2) is 0 Å². The lowest BCUT2D eigenvalue weighted by Gasteiger charge is -2.19. The van der Waals surface area contributed by atoms with Gasteiger partial charge in [-0.1, -0.05) is 48.3 Å². The number of hydrogen-bond acceptors (Lipinski definition) is 1. The third kappa shape index (κ3) is 4.90. The molecule has 1 rings (SSSR count). The number of amides is 1. The van der Waals surface area contributed by atoms with E-state index in [2.05, 4.69) is 29.8 Å². The van der Waals surface area contributed by atoms with E-state index in [0.29, 0.717) is 18.9 Å². The maximum atomic E-state index is 11.9. The molecule has 1 aromatic rings. The van der Waals surface area contributed by atoms with Gasteiger partial charge in [0.2, 0.25) is 5.91 Å². The van der Waals surface area contributed by atoms with Crippen molar-refractivity contribution < 1.29 is 4.79 Å². The molecule has 1 aromatic carbocycles. The Kier molecular flexibility index (Phi) is 5.69. The van der Waals surface area contributed by atoms with Crippen molar-refractivity contribution in [3.63, 3.8) is 0 Å². The van der Waals surface area contributed by atoms with Crippen LogP contribution in [-0.2, 0) is 11.3 Å². The lowest BCUT2D eigenvalue weighted by Crippen LogP contribution is -2.27. The summed E-state index contributed by atoms with van der Waals surface area (Å²) in [6, 6.07) is 8.08. The Balaban J connectivity index is 2.51. The Morgan fingerprint density at radius 1 is 1.35 bits per heavy atom. The first-order valence-electron chi connectivity index (χ1n) is 6.01. The number of carbonyl (C=O) groups excluding carboxylic acids is 1. The van der Waals surface area contributed by atoms with Crippen LogP contribution in [0.5, 0.6) is 0 Å². The summed E-state index contributed by atoms with van der Waals surface area (Å²) >= 11 is 3.40. The summed E-state index contributed by atoms with van der Waals surface area (Å²) in [7, 11) is 1.87. The molecule has 0 fully saturated rings. The topological polar surface area (TPSA) is 20.3 Å². The molecule has 0 N–H and O–H groups in total. The molecule has 0 aliphatic rings. The molecule has 0 spiro atoms. The summed E-state index contributed by atoms with van der Waals surface area (Å²) in [5.41, 5.74) is 1.16. The van der Waals surface area contributed by atoms with E-state index in [0.717, 1.165) is 16.5 Å². The van der Waals surface area contributed by atoms with E-state index in [9.17, 15) is 4.79 Å². The van der Waals surface area contributed by atoms with Crippen molar-refractivity contribution in [3.8, 4) is 0 Å². The van der Waals surface area contributed by atoms with Crippen molar-refractivity contribution in [1.82, 2.24) is 4.90 Å². The molecular formula is C14H20BrNO. The summed E-state index contributed by atoms with van der Waals surface area (Å²) in [5.74, 6) is 0.692. The zero-order valence-electron chi connectivity index (χ0n) is 10.7. The fourth-order valence-corrected chi connectivity index (χ4v) is 1.81. The minimum absolute atomic E-state index is 0.224. The second-order valence-electron chi connectivity index (χ2n) is 4.59. The van der Waals surface area contributed by atoms with Gasteiger partial charge in [-0.15, -0.1) is 0 Å². The molecule has 0 aliphatic carbocycles. The molecule has 94 valence electrons. The van der Waals surface area contributed by atoms with Crippen LogP contribution >= 0.6 is 15.9 Å². The molecule has 0 bridgehead atoms. The van der Waals surface area contributed by atoms with Gasteiger partial charge in [-0.2, -0.15) is 0 Å². The summed E-state index contributed by atoms with van der Waals surface area (Å²) < 4.78 is 1.06. The Labute approximate surface area is 112 Å². The lowest BCUT2D eigenvalue weighted by molar-refractivity contribution is -0.131. The van der Waals surface area contributed by atoms with Crippen LogP contribution < -0.4 is 0 Å². The lowest BCUT2D eigenvalue weighted by atomic mass is 10.0. The normalized spacial score (nSPS) is 12.2. The molecule has 0 aromatic heterocycles. The molecule has 0 saturated carbocycles. The minimum atomic E-state index is 0.224. The highest BCUT2D eigenvalue weighted by Gasteiger charge is 2.12. The van der Waals surface area contributed by atoms with E-state index in [4.69, 9.17) is 0 Å². The second kappa shape index (κ2) is 6.80. The highest BCUT2D eigenvalue weighted by molar-refractivity contribution is 9.10. The third-order valence-corrected chi connectivity index (χ3v) is 3.51. The van der Waals surface area contributed by atoms with Gasteiger partial charge in [0.1, 0.15) is 0 Å². The molecule has 0 saturated heterocycles. The molecule has 0 radical (unpaired) electrons. The van der Waals surface area contributed by atoms with E-state index >= 15 is 0 Å². The van der Waals surface area contributed by atoms with Crippen LogP contribution in [0.3, 0.4) is 0 Å². The van der Waals surface area contributed by atoms with E-state index in [1.54, 1.807) is 4.90 Å². The molecule has 0 heterocycles. The Morgan fingerprint density at radius 3 is 2.47 bits per heavy atom. The van der Waals surface area contributed by atoms with Crippen molar-refractivity contribution in [2.75, 3.05) is 7.05 Å². The van der Waals surface area contributed by atoms with E-state index < -0.39 is 0 Å². The van der Waals surface area contributed by atoms with Gasteiger partial charge in [-0.05, 0) is 23.6 Å². The standard InChI is InChI=1S/C14H20BrNO/c1-4-11(2)9-14(17)16(3)10-12-5-7-13(15)8-6-12/h5-8,11H,4,9-10H2,1-3H3. The molecule has 2 nitrogen and oxygen atoms in total. The fourth-order valence-electron chi connectivity index (χ4n) is 1.55. The first kappa shape index (κ1) is 14.2. The number of nitrogens with zero attached hydrogens (tertiary/aromatic N) is 1. The predicted octanol–water partition coefficient (Wildman–Crippen LogP) is 3.84. The first-order chi connectivity index (χ1) is 8.02. The summed E-state index contributed by atoms with van der Waals surface area (Å²) in [5, 5.41) is 0. The van der Waals surface area contributed by atoms with Crippen molar-refractivity contribution in [3.05, 3.63) is 34.3 Å². The summed E-state index contributed by atoms with van der Waals surface area (Å²) in [6.07, 6.45) is 1.70. The highest BCUT2D eigenvalue weighted by atomic mass is 79.9. The number of hydrogen-bond donors (Lipinski definition) is 0. The van der Waals surface area contributed by atoms with Crippen molar-refractivity contribution in [2.45, 2.75) is 33.2 Å². The van der Waals surface area contributed by atoms with Crippen molar-refractivity contribution in [1.29, 1.82) is 0 Å². The van der Waals surface area contributed by atoms with Gasteiger partial charge in [0.05, 0.1) is 0 Å². The predicted molar refractivity (Wildman–Crippen MR) is 74.7 cm³/mol. The van der Waals surface area contributed by atoms with Crippen LogP contribution in [0, 0.1) is 5.92 Å². The third-order valence-electron chi connectivity index (χ3n) is 2.98. The SMILES string of the molecule is CCC(C)CC(=O)N(C)Cc1ccc(Br)cc1. The summed E-state index contributed by atoms with van der Waals surface area (Å²) in [6.45, 7) is 4.92. The van der Waals surface area contributed by atoms with E-state index in [1.807, 2.05) is 31.3 Å². The molecule has 1 unspecified atom stereocenters. The molecule has 1 atom stereocenters. The van der Waals surface area contributed by atoms with Gasteiger partial charge in [0, 0.05) is 24.5 Å². The van der Waals surface area contributed by atoms with Crippen LogP contribution in [0.25, 0.3) is 0 Å². The van der Waals surface area contributed by atoms with Gasteiger partial charge in [-0.25, -0.2) is 0 Å². The average Bonchev–Trinajstić information content (AvgIpc) is 2.31. The Morgan fingerprint density at radius 2 is 1.94 bits per heavy atom. The summed E-state index contributed by atoms with van der Waals surface area (Å²) in [4.78, 5) is 13.7. The Bertz CT molecular complexity index is 361. The van der Waals surface area contributed by atoms with Gasteiger partial charge in [0.25, 0.3) is 0 Å². The molecule has 17 heavy (non-hydrogen) atoms. The molecule has 1 amide bonds. The largest absolute Gasteiger partial charge is 0.341 e. The number of benzene rings is 1. The van der Waals surface area contributed by atoms with Crippen molar-refractivity contribution in [2.24, 2.45) is 5.92 Å². The maximum absolute atomic E-state index is 11.9. The van der Waals surface area contributed by atoms with Gasteiger partial charge < -0.3 is 4.90 Å². The highest BCUT2D eigenvalue weighted by Crippen LogP contribution is 2.13. The average molecular weight is 298 g/mol. The van der Waals surface area contributed by atoms with Crippen LogP contribution in [0.4, 0.5) is 0 Å². The smallest absolute Gasteiger partial charge is 0.222 e. The maximum Gasteiger partial charge on any atom is 0.222 e. The fraction of sp³-hybridized carbons (Fsp3) is 0.500. The van der Waals surface area contributed by atoms with Crippen LogP contribution in [0.1, 0.15) is 32.3 Å². The van der Waals surface area contributed by atoms with Crippen LogP contribution in [0.2, 0.25) is 0 Å². The zero-order valence-corrected chi connectivity index (χ0v) is 12.3. The zero-order chi connectivity index (χ0) is 12.8. The van der Waals surface area contributed by atoms with Crippen molar-refractivity contribution >= 4 is 21.8 Å². The Hall–Kier alpha value is -0.830. The molecular weight excluding hydrogens is 278 g/mol. The van der Waals surface area contributed by atoms with Crippen LogP contribution in [-0.4, -0.2) is 17.9 Å². The second-order valence-corrected chi connectivity index (χ2v) is 5.51. The van der Waals surface area contributed by atoms with E-state index in [1.165, 1.54) is 0 Å². The number of rotatable bonds is 5. The van der Waals surface area contributed by atoms with Crippen LogP contribution in [0.15, 0.2) is 28.7 Å². The quantitative estimate of drug-likeness (QED) is 0.808. The van der Waals surface area contributed by atoms with E-state index in [-0.39, 0.29) is 5.91 Å².